The number of halogens is 1. The van der Waals surface area contributed by atoms with Gasteiger partial charge in [0, 0.05) is 51.8 Å². The highest BCUT2D eigenvalue weighted by Gasteiger charge is 2.07. The fraction of sp³-hybridized carbons (Fsp3) is 0.500. The first-order chi connectivity index (χ1) is 14.0. The lowest BCUT2D eigenvalue weighted by atomic mass is 10.1. The lowest BCUT2D eigenvalue weighted by Gasteiger charge is -2.13. The molecule has 9 nitrogen and oxygen atoms in total. The molecule has 1 aromatic heterocycles. The molecule has 1 amide bonds. The number of hydrogen-bond acceptors (Lipinski definition) is 5. The van der Waals surface area contributed by atoms with E-state index >= 15 is 0 Å². The summed E-state index contributed by atoms with van der Waals surface area (Å²) in [6.45, 7) is 5.54. The highest BCUT2D eigenvalue weighted by atomic mass is 127. The predicted molar refractivity (Wildman–Crippen MR) is 130 cm³/mol. The molecule has 30 heavy (non-hydrogen) atoms. The highest BCUT2D eigenvalue weighted by molar-refractivity contribution is 14.0. The lowest BCUT2D eigenvalue weighted by molar-refractivity contribution is 0.0951. The molecular weight excluding hydrogens is 495 g/mol. The van der Waals surface area contributed by atoms with Crippen LogP contribution in [0.3, 0.4) is 0 Å². The Kier molecular flexibility index (Phi) is 12.0. The van der Waals surface area contributed by atoms with Gasteiger partial charge < -0.3 is 25.4 Å². The summed E-state index contributed by atoms with van der Waals surface area (Å²) < 4.78 is 2.03. The van der Waals surface area contributed by atoms with E-state index in [1.165, 1.54) is 0 Å². The molecule has 0 aliphatic heterocycles. The summed E-state index contributed by atoms with van der Waals surface area (Å²) in [7, 11) is 5.70. The average Bonchev–Trinajstić information content (AvgIpc) is 3.18. The van der Waals surface area contributed by atoms with Gasteiger partial charge in [0.05, 0.1) is 0 Å². The molecule has 0 bridgehead atoms. The van der Waals surface area contributed by atoms with Crippen molar-refractivity contribution in [1.82, 2.24) is 35.6 Å². The molecule has 0 fully saturated rings. The summed E-state index contributed by atoms with van der Waals surface area (Å²) >= 11 is 0. The van der Waals surface area contributed by atoms with Crippen LogP contribution < -0.4 is 16.0 Å². The van der Waals surface area contributed by atoms with E-state index in [-0.39, 0.29) is 29.9 Å². The molecule has 0 radical (unpaired) electrons. The number of likely N-dealkylation sites (N-methyl/N-ethyl adjacent to an activating group) is 1. The Morgan fingerprint density at radius 2 is 2.00 bits per heavy atom. The van der Waals surface area contributed by atoms with E-state index in [2.05, 4.69) is 38.1 Å². The number of nitrogens with one attached hydrogen (secondary N) is 3. The van der Waals surface area contributed by atoms with Gasteiger partial charge in [-0.1, -0.05) is 19.1 Å². The van der Waals surface area contributed by atoms with Gasteiger partial charge in [-0.25, -0.2) is 0 Å². The zero-order valence-electron chi connectivity index (χ0n) is 18.2. The molecule has 10 heteroatoms. The van der Waals surface area contributed by atoms with Crippen molar-refractivity contribution in [2.75, 3.05) is 40.8 Å². The Hall–Kier alpha value is -2.21. The van der Waals surface area contributed by atoms with Crippen LogP contribution in [0.25, 0.3) is 0 Å². The smallest absolute Gasteiger partial charge is 0.251 e. The van der Waals surface area contributed by atoms with Crippen molar-refractivity contribution in [3.05, 3.63) is 47.5 Å². The molecular formula is C20H33IN8O. The number of aryl methyl sites for hydroxylation is 1. The molecule has 0 saturated heterocycles. The van der Waals surface area contributed by atoms with Crippen molar-refractivity contribution >= 4 is 35.8 Å². The summed E-state index contributed by atoms with van der Waals surface area (Å²) in [6, 6.07) is 7.61. The van der Waals surface area contributed by atoms with Crippen LogP contribution in [0, 0.1) is 0 Å². The largest absolute Gasteiger partial charge is 0.355 e. The van der Waals surface area contributed by atoms with Crippen LogP contribution in [0.5, 0.6) is 0 Å². The van der Waals surface area contributed by atoms with Gasteiger partial charge in [-0.05, 0) is 31.8 Å². The van der Waals surface area contributed by atoms with Crippen molar-refractivity contribution in [1.29, 1.82) is 0 Å². The zero-order chi connectivity index (χ0) is 21.1. The van der Waals surface area contributed by atoms with E-state index in [4.69, 9.17) is 0 Å². The number of carbonyl (C=O) groups excluding carboxylic acids is 1. The lowest BCUT2D eigenvalue weighted by Crippen LogP contribution is -2.38. The van der Waals surface area contributed by atoms with Crippen LogP contribution >= 0.6 is 24.0 Å². The van der Waals surface area contributed by atoms with Gasteiger partial charge in [0.25, 0.3) is 5.91 Å². The minimum Gasteiger partial charge on any atom is -0.355 e. The van der Waals surface area contributed by atoms with Gasteiger partial charge >= 0.3 is 0 Å². The minimum absolute atomic E-state index is 0. The monoisotopic (exact) mass is 528 g/mol. The summed E-state index contributed by atoms with van der Waals surface area (Å²) in [5.41, 5.74) is 1.67. The summed E-state index contributed by atoms with van der Waals surface area (Å²) in [5.74, 6) is 1.62. The first-order valence-corrected chi connectivity index (χ1v) is 9.86. The maximum atomic E-state index is 12.3. The van der Waals surface area contributed by atoms with E-state index in [1.807, 2.05) is 47.8 Å². The number of rotatable bonds is 10. The molecule has 0 aliphatic carbocycles. The summed E-state index contributed by atoms with van der Waals surface area (Å²) in [4.78, 5) is 18.6. The molecule has 0 spiro atoms. The fourth-order valence-electron chi connectivity index (χ4n) is 2.76. The highest BCUT2D eigenvalue weighted by Crippen LogP contribution is 2.05. The van der Waals surface area contributed by atoms with Crippen molar-refractivity contribution in [3.63, 3.8) is 0 Å². The standard InChI is InChI=1S/C20H32N8O.HI/c1-5-18-26-25-15-28(18)12-10-23-20(21-2)24-14-16-7-6-8-17(13-16)19(29)22-9-11-27(3)4;/h6-8,13,15H,5,9-12,14H2,1-4H3,(H,22,29)(H2,21,23,24);1H. The number of guanidine groups is 1. The molecule has 0 saturated carbocycles. The Bertz CT molecular complexity index is 806. The van der Waals surface area contributed by atoms with Crippen molar-refractivity contribution in [3.8, 4) is 0 Å². The predicted octanol–water partition coefficient (Wildman–Crippen LogP) is 1.12. The van der Waals surface area contributed by atoms with Crippen LogP contribution in [-0.2, 0) is 19.5 Å². The van der Waals surface area contributed by atoms with Crippen LogP contribution in [0.1, 0.15) is 28.7 Å². The van der Waals surface area contributed by atoms with Crippen LogP contribution in [0.15, 0.2) is 35.6 Å². The third kappa shape index (κ3) is 8.66. The average molecular weight is 528 g/mol. The summed E-state index contributed by atoms with van der Waals surface area (Å²) in [6.07, 6.45) is 2.60. The number of benzene rings is 1. The molecule has 3 N–H and O–H groups in total. The third-order valence-electron chi connectivity index (χ3n) is 4.37. The SMILES string of the molecule is CCc1nncn1CCNC(=NC)NCc1cccc(C(=O)NCCN(C)C)c1.I. The Balaban J connectivity index is 0.00000450. The second kappa shape index (κ2) is 13.9. The molecule has 0 aliphatic rings. The maximum Gasteiger partial charge on any atom is 0.251 e. The number of hydrogen-bond donors (Lipinski definition) is 3. The van der Waals surface area contributed by atoms with Gasteiger partial charge in [-0.3, -0.25) is 9.79 Å². The molecule has 166 valence electrons. The van der Waals surface area contributed by atoms with E-state index in [1.54, 1.807) is 13.4 Å². The number of nitrogens with zero attached hydrogens (tertiary/aromatic N) is 5. The van der Waals surface area contributed by atoms with Crippen molar-refractivity contribution < 1.29 is 4.79 Å². The number of carbonyl (C=O) groups is 1. The van der Waals surface area contributed by atoms with Crippen LogP contribution in [-0.4, -0.2) is 72.3 Å². The van der Waals surface area contributed by atoms with Gasteiger partial charge in [0.1, 0.15) is 12.2 Å². The Labute approximate surface area is 195 Å². The third-order valence-corrected chi connectivity index (χ3v) is 4.37. The van der Waals surface area contributed by atoms with E-state index in [0.717, 1.165) is 30.9 Å². The minimum atomic E-state index is -0.0584. The molecule has 1 heterocycles. The quantitative estimate of drug-likeness (QED) is 0.243. The Morgan fingerprint density at radius 1 is 1.20 bits per heavy atom. The van der Waals surface area contributed by atoms with Crippen LogP contribution in [0.2, 0.25) is 0 Å². The topological polar surface area (TPSA) is 99.5 Å². The molecule has 2 rings (SSSR count). The normalized spacial score (nSPS) is 11.2. The maximum absolute atomic E-state index is 12.3. The first kappa shape index (κ1) is 25.8. The van der Waals surface area contributed by atoms with Crippen molar-refractivity contribution in [2.45, 2.75) is 26.4 Å². The molecule has 0 unspecified atom stereocenters. The second-order valence-electron chi connectivity index (χ2n) is 6.91. The second-order valence-corrected chi connectivity index (χ2v) is 6.91. The molecule has 1 aromatic carbocycles. The zero-order valence-corrected chi connectivity index (χ0v) is 20.5. The fourth-order valence-corrected chi connectivity index (χ4v) is 2.76. The van der Waals surface area contributed by atoms with Crippen LogP contribution in [0.4, 0.5) is 0 Å². The summed E-state index contributed by atoms with van der Waals surface area (Å²) in [5, 5.41) is 17.5. The van der Waals surface area contributed by atoms with Gasteiger partial charge in [-0.2, -0.15) is 0 Å². The molecule has 0 atom stereocenters. The van der Waals surface area contributed by atoms with Gasteiger partial charge in [-0.15, -0.1) is 34.2 Å². The number of amides is 1. The van der Waals surface area contributed by atoms with E-state index in [9.17, 15) is 4.79 Å². The van der Waals surface area contributed by atoms with E-state index < -0.39 is 0 Å². The number of aromatic nitrogens is 3. The Morgan fingerprint density at radius 3 is 2.70 bits per heavy atom. The van der Waals surface area contributed by atoms with Gasteiger partial charge in [0.15, 0.2) is 5.96 Å². The van der Waals surface area contributed by atoms with E-state index in [0.29, 0.717) is 31.2 Å². The first-order valence-electron chi connectivity index (χ1n) is 9.86. The van der Waals surface area contributed by atoms with Gasteiger partial charge in [0.2, 0.25) is 0 Å². The number of aliphatic imine (C=N–C) groups is 1. The molecule has 2 aromatic rings. The van der Waals surface area contributed by atoms with Crippen molar-refractivity contribution in [2.24, 2.45) is 4.99 Å².